The van der Waals surface area contributed by atoms with E-state index in [0.29, 0.717) is 34.8 Å². The maximum Gasteiger partial charge on any atom is 0.243 e. The van der Waals surface area contributed by atoms with Gasteiger partial charge in [0.05, 0.1) is 21.4 Å². The number of hydrogen-bond donors (Lipinski definition) is 1. The smallest absolute Gasteiger partial charge is 0.243 e. The molecule has 1 amide bonds. The molecule has 1 aliphatic carbocycles. The Labute approximate surface area is 165 Å². The molecule has 26 heavy (non-hydrogen) atoms. The third kappa shape index (κ3) is 5.62. The molecular weight excluding hydrogens is 392 g/mol. The summed E-state index contributed by atoms with van der Waals surface area (Å²) in [7, 11) is -3.59. The van der Waals surface area contributed by atoms with Gasteiger partial charge in [-0.1, -0.05) is 44.7 Å². The van der Waals surface area contributed by atoms with Gasteiger partial charge in [0.25, 0.3) is 0 Å². The monoisotopic (exact) mass is 418 g/mol. The zero-order valence-electron chi connectivity index (χ0n) is 15.3. The van der Waals surface area contributed by atoms with Crippen molar-refractivity contribution in [2.45, 2.75) is 56.1 Å². The van der Waals surface area contributed by atoms with Crippen LogP contribution in [0.15, 0.2) is 23.1 Å². The van der Waals surface area contributed by atoms with Crippen molar-refractivity contribution in [2.75, 3.05) is 24.2 Å². The van der Waals surface area contributed by atoms with Crippen LogP contribution in [0, 0.1) is 0 Å². The highest BCUT2D eigenvalue weighted by molar-refractivity contribution is 8.00. The highest BCUT2D eigenvalue weighted by atomic mass is 35.5. The number of benzene rings is 1. The Morgan fingerprint density at radius 1 is 1.23 bits per heavy atom. The molecule has 0 saturated heterocycles. The molecule has 2 rings (SSSR count). The second kappa shape index (κ2) is 9.97. The number of nitrogens with zero attached hydrogens (tertiary/aromatic N) is 1. The summed E-state index contributed by atoms with van der Waals surface area (Å²) in [5.41, 5.74) is 0.342. The maximum absolute atomic E-state index is 12.6. The molecule has 0 heterocycles. The lowest BCUT2D eigenvalue weighted by Crippen LogP contribution is -2.30. The molecule has 0 unspecified atom stereocenters. The molecule has 1 N–H and O–H groups in total. The lowest BCUT2D eigenvalue weighted by molar-refractivity contribution is -0.113. The van der Waals surface area contributed by atoms with Gasteiger partial charge in [-0.05, 0) is 31.0 Å². The van der Waals surface area contributed by atoms with Gasteiger partial charge in [0, 0.05) is 18.3 Å². The molecule has 0 radical (unpaired) electrons. The first-order chi connectivity index (χ1) is 12.4. The molecule has 5 nitrogen and oxygen atoms in total. The number of halogens is 1. The number of nitrogens with one attached hydrogen (secondary N) is 1. The Balaban J connectivity index is 2.05. The standard InChI is InChI=1S/C18H27ClN2O3S2/c1-3-21(4-2)26(23,24)15-10-11-16(19)17(12-15)20-18(22)13-25-14-8-6-5-7-9-14/h10-12,14H,3-9,13H2,1-2H3,(H,20,22). The van der Waals surface area contributed by atoms with E-state index < -0.39 is 10.0 Å². The third-order valence-corrected chi connectivity index (χ3v) is 8.30. The molecule has 1 aliphatic rings. The van der Waals surface area contributed by atoms with E-state index >= 15 is 0 Å². The molecule has 1 aromatic carbocycles. The Morgan fingerprint density at radius 2 is 1.88 bits per heavy atom. The molecule has 0 atom stereocenters. The Bertz CT molecular complexity index is 715. The number of sulfonamides is 1. The van der Waals surface area contributed by atoms with Gasteiger partial charge in [-0.2, -0.15) is 4.31 Å². The van der Waals surface area contributed by atoms with Crippen molar-refractivity contribution in [3.05, 3.63) is 23.2 Å². The van der Waals surface area contributed by atoms with Gasteiger partial charge < -0.3 is 5.32 Å². The topological polar surface area (TPSA) is 66.5 Å². The van der Waals surface area contributed by atoms with E-state index in [9.17, 15) is 13.2 Å². The summed E-state index contributed by atoms with van der Waals surface area (Å²) in [6, 6.07) is 4.43. The Morgan fingerprint density at radius 3 is 2.50 bits per heavy atom. The lowest BCUT2D eigenvalue weighted by Gasteiger charge is -2.21. The van der Waals surface area contributed by atoms with Crippen molar-refractivity contribution in [3.63, 3.8) is 0 Å². The minimum absolute atomic E-state index is 0.140. The van der Waals surface area contributed by atoms with Crippen molar-refractivity contribution in [1.82, 2.24) is 4.31 Å². The second-order valence-electron chi connectivity index (χ2n) is 6.35. The van der Waals surface area contributed by atoms with Crippen LogP contribution in [0.3, 0.4) is 0 Å². The van der Waals surface area contributed by atoms with Gasteiger partial charge in [-0.3, -0.25) is 4.79 Å². The number of carbonyl (C=O) groups excluding carboxylic acids is 1. The largest absolute Gasteiger partial charge is 0.324 e. The summed E-state index contributed by atoms with van der Waals surface area (Å²) in [6.07, 6.45) is 6.08. The Hall–Kier alpha value is -0.760. The van der Waals surface area contributed by atoms with Crippen LogP contribution in [0.1, 0.15) is 46.0 Å². The van der Waals surface area contributed by atoms with Crippen molar-refractivity contribution in [2.24, 2.45) is 0 Å². The predicted octanol–water partition coefficient (Wildman–Crippen LogP) is 4.37. The minimum Gasteiger partial charge on any atom is -0.324 e. The fraction of sp³-hybridized carbons (Fsp3) is 0.611. The van der Waals surface area contributed by atoms with Crippen molar-refractivity contribution >= 4 is 45.0 Å². The van der Waals surface area contributed by atoms with Crippen molar-refractivity contribution in [3.8, 4) is 0 Å². The van der Waals surface area contributed by atoms with Gasteiger partial charge in [0.2, 0.25) is 15.9 Å². The van der Waals surface area contributed by atoms with Crippen molar-refractivity contribution in [1.29, 1.82) is 0 Å². The molecule has 1 saturated carbocycles. The first-order valence-electron chi connectivity index (χ1n) is 9.09. The average Bonchev–Trinajstić information content (AvgIpc) is 2.63. The quantitative estimate of drug-likeness (QED) is 0.680. The third-order valence-electron chi connectivity index (χ3n) is 4.56. The summed E-state index contributed by atoms with van der Waals surface area (Å²) in [5.74, 6) is 0.202. The van der Waals surface area contributed by atoms with Gasteiger partial charge in [0.15, 0.2) is 0 Å². The van der Waals surface area contributed by atoms with E-state index in [1.165, 1.54) is 41.8 Å². The zero-order chi connectivity index (χ0) is 19.2. The molecule has 0 aliphatic heterocycles. The van der Waals surface area contributed by atoms with Crippen LogP contribution in [0.5, 0.6) is 0 Å². The molecule has 1 aromatic rings. The maximum atomic E-state index is 12.6. The summed E-state index contributed by atoms with van der Waals surface area (Å²) < 4.78 is 26.7. The van der Waals surface area contributed by atoms with E-state index in [1.54, 1.807) is 25.6 Å². The summed E-state index contributed by atoms with van der Waals surface area (Å²) in [6.45, 7) is 4.37. The van der Waals surface area contributed by atoms with Gasteiger partial charge in [-0.15, -0.1) is 11.8 Å². The fourth-order valence-corrected chi connectivity index (χ4v) is 5.86. The zero-order valence-corrected chi connectivity index (χ0v) is 17.7. The number of rotatable bonds is 8. The van der Waals surface area contributed by atoms with Crippen LogP contribution >= 0.6 is 23.4 Å². The van der Waals surface area contributed by atoms with Gasteiger partial charge in [-0.25, -0.2) is 8.42 Å². The summed E-state index contributed by atoms with van der Waals surface area (Å²) in [5, 5.41) is 3.64. The van der Waals surface area contributed by atoms with Crippen LogP contribution in [0.2, 0.25) is 5.02 Å². The number of carbonyl (C=O) groups is 1. The van der Waals surface area contributed by atoms with Gasteiger partial charge >= 0.3 is 0 Å². The highest BCUT2D eigenvalue weighted by Crippen LogP contribution is 2.30. The molecule has 0 aromatic heterocycles. The molecular formula is C18H27ClN2O3S2. The summed E-state index contributed by atoms with van der Waals surface area (Å²) in [4.78, 5) is 12.4. The number of anilines is 1. The van der Waals surface area contributed by atoms with Crippen LogP contribution in [0.4, 0.5) is 5.69 Å². The molecule has 0 spiro atoms. The second-order valence-corrected chi connectivity index (χ2v) is 9.98. The van der Waals surface area contributed by atoms with E-state index in [1.807, 2.05) is 0 Å². The van der Waals surface area contributed by atoms with Crippen molar-refractivity contribution < 1.29 is 13.2 Å². The average molecular weight is 419 g/mol. The van der Waals surface area contributed by atoms with Crippen LogP contribution in [-0.4, -0.2) is 42.7 Å². The first kappa shape index (κ1) is 21.5. The fourth-order valence-electron chi connectivity index (χ4n) is 3.08. The predicted molar refractivity (Wildman–Crippen MR) is 110 cm³/mol. The Kier molecular flexibility index (Phi) is 8.26. The van der Waals surface area contributed by atoms with E-state index in [-0.39, 0.29) is 10.8 Å². The molecule has 8 heteroatoms. The van der Waals surface area contributed by atoms with E-state index in [0.717, 1.165) is 12.8 Å². The highest BCUT2D eigenvalue weighted by Gasteiger charge is 2.23. The van der Waals surface area contributed by atoms with E-state index in [4.69, 9.17) is 11.6 Å². The van der Waals surface area contributed by atoms with E-state index in [2.05, 4.69) is 5.32 Å². The molecule has 1 fully saturated rings. The number of amides is 1. The SMILES string of the molecule is CCN(CC)S(=O)(=O)c1ccc(Cl)c(NC(=O)CSC2CCCCC2)c1. The van der Waals surface area contributed by atoms with Crippen LogP contribution in [0.25, 0.3) is 0 Å². The van der Waals surface area contributed by atoms with Crippen LogP contribution in [-0.2, 0) is 14.8 Å². The minimum atomic E-state index is -3.59. The first-order valence-corrected chi connectivity index (χ1v) is 12.0. The number of thioether (sulfide) groups is 1. The van der Waals surface area contributed by atoms with Crippen LogP contribution < -0.4 is 5.32 Å². The normalized spacial score (nSPS) is 16.0. The lowest BCUT2D eigenvalue weighted by atomic mass is 10.0. The molecule has 0 bridgehead atoms. The molecule has 146 valence electrons. The number of hydrogen-bond acceptors (Lipinski definition) is 4. The van der Waals surface area contributed by atoms with Gasteiger partial charge in [0.1, 0.15) is 0 Å². The summed E-state index contributed by atoms with van der Waals surface area (Å²) >= 11 is 7.83.